The van der Waals surface area contributed by atoms with Crippen LogP contribution in [0.3, 0.4) is 0 Å². The maximum Gasteiger partial charge on any atom is 0.323 e. The maximum absolute atomic E-state index is 14.2. The molecule has 3 nitrogen and oxygen atoms in total. The van der Waals surface area contributed by atoms with E-state index in [9.17, 15) is 9.18 Å². The lowest BCUT2D eigenvalue weighted by atomic mass is 10.0. The van der Waals surface area contributed by atoms with Crippen molar-refractivity contribution in [2.24, 2.45) is 0 Å². The number of H-pyrrole nitrogens is 2. The van der Waals surface area contributed by atoms with Crippen LogP contribution in [0.25, 0.3) is 11.0 Å². The summed E-state index contributed by atoms with van der Waals surface area (Å²) in [5.74, 6) is -0.313. The summed E-state index contributed by atoms with van der Waals surface area (Å²) in [6.07, 6.45) is 0. The fourth-order valence-electron chi connectivity index (χ4n) is 2.30. The van der Waals surface area contributed by atoms with Crippen molar-refractivity contribution < 1.29 is 4.39 Å². The summed E-state index contributed by atoms with van der Waals surface area (Å²) in [7, 11) is 0. The highest BCUT2D eigenvalue weighted by Crippen LogP contribution is 2.37. The standard InChI is InChI=1S/C15H11BrClFN2O/c1-7-3-2-4-8(14(7)18)13(17)9-5-11-12(6-10(9)16)20-15(21)19-11/h2-6,13H,1H3,(H2,19,20,21). The zero-order chi connectivity index (χ0) is 15.1. The van der Waals surface area contributed by atoms with Crippen LogP contribution in [-0.2, 0) is 0 Å². The van der Waals surface area contributed by atoms with Crippen LogP contribution in [-0.4, -0.2) is 9.97 Å². The Morgan fingerprint density at radius 1 is 1.19 bits per heavy atom. The first-order valence-electron chi connectivity index (χ1n) is 6.28. The Kier molecular flexibility index (Phi) is 3.63. The lowest BCUT2D eigenvalue weighted by Gasteiger charge is -2.14. The largest absolute Gasteiger partial charge is 0.323 e. The molecular weight excluding hydrogens is 359 g/mol. The number of aromatic nitrogens is 2. The lowest BCUT2D eigenvalue weighted by Crippen LogP contribution is -2.00. The topological polar surface area (TPSA) is 48.6 Å². The molecule has 0 fully saturated rings. The Morgan fingerprint density at radius 3 is 2.57 bits per heavy atom. The van der Waals surface area contributed by atoms with Crippen molar-refractivity contribution in [3.63, 3.8) is 0 Å². The van der Waals surface area contributed by atoms with Crippen LogP contribution in [0.5, 0.6) is 0 Å². The van der Waals surface area contributed by atoms with Gasteiger partial charge in [0.2, 0.25) is 0 Å². The van der Waals surface area contributed by atoms with Crippen LogP contribution in [0.4, 0.5) is 4.39 Å². The van der Waals surface area contributed by atoms with Gasteiger partial charge in [-0.3, -0.25) is 0 Å². The molecule has 2 N–H and O–H groups in total. The molecule has 3 rings (SSSR count). The van der Waals surface area contributed by atoms with E-state index in [0.29, 0.717) is 32.2 Å². The van der Waals surface area contributed by atoms with E-state index in [4.69, 9.17) is 11.6 Å². The predicted molar refractivity (Wildman–Crippen MR) is 85.5 cm³/mol. The molecule has 0 spiro atoms. The summed E-state index contributed by atoms with van der Waals surface area (Å²) in [5.41, 5.74) is 2.67. The van der Waals surface area contributed by atoms with Gasteiger partial charge in [-0.1, -0.05) is 34.1 Å². The molecule has 0 aliphatic carbocycles. The molecule has 108 valence electrons. The number of benzene rings is 2. The molecular formula is C15H11BrClFN2O. The minimum absolute atomic E-state index is 0.290. The zero-order valence-electron chi connectivity index (χ0n) is 11.0. The maximum atomic E-state index is 14.2. The Labute approximate surface area is 133 Å². The van der Waals surface area contributed by atoms with Crippen molar-refractivity contribution in [3.05, 3.63) is 67.8 Å². The molecule has 1 aromatic heterocycles. The van der Waals surface area contributed by atoms with E-state index in [1.807, 2.05) is 0 Å². The molecule has 0 saturated heterocycles. The quantitative estimate of drug-likeness (QED) is 0.647. The van der Waals surface area contributed by atoms with Gasteiger partial charge in [0, 0.05) is 10.0 Å². The van der Waals surface area contributed by atoms with Crippen LogP contribution in [0, 0.1) is 12.7 Å². The number of nitrogens with one attached hydrogen (secondary N) is 2. The highest BCUT2D eigenvalue weighted by atomic mass is 79.9. The summed E-state index contributed by atoms with van der Waals surface area (Å²) < 4.78 is 14.9. The third-order valence-corrected chi connectivity index (χ3v) is 4.56. The summed E-state index contributed by atoms with van der Waals surface area (Å²) in [5, 5.41) is -0.651. The van der Waals surface area contributed by atoms with E-state index in [0.717, 1.165) is 0 Å². The van der Waals surface area contributed by atoms with E-state index < -0.39 is 5.38 Å². The fourth-order valence-corrected chi connectivity index (χ4v) is 3.35. The normalized spacial score (nSPS) is 12.8. The first-order chi connectivity index (χ1) is 9.97. The third-order valence-electron chi connectivity index (χ3n) is 3.40. The number of aromatic amines is 2. The molecule has 0 aliphatic heterocycles. The number of halogens is 3. The van der Waals surface area contributed by atoms with E-state index in [1.54, 1.807) is 37.3 Å². The van der Waals surface area contributed by atoms with Gasteiger partial charge in [0.1, 0.15) is 5.82 Å². The zero-order valence-corrected chi connectivity index (χ0v) is 13.3. The molecule has 1 heterocycles. The van der Waals surface area contributed by atoms with E-state index in [-0.39, 0.29) is 11.5 Å². The summed E-state index contributed by atoms with van der Waals surface area (Å²) in [6, 6.07) is 8.64. The van der Waals surface area contributed by atoms with Crippen LogP contribution in [0.15, 0.2) is 39.6 Å². The second kappa shape index (κ2) is 5.31. The van der Waals surface area contributed by atoms with Crippen LogP contribution in [0.1, 0.15) is 22.1 Å². The summed E-state index contributed by atoms with van der Waals surface area (Å²) in [4.78, 5) is 16.7. The van der Waals surface area contributed by atoms with Crippen molar-refractivity contribution in [1.29, 1.82) is 0 Å². The van der Waals surface area contributed by atoms with Crippen LogP contribution in [0.2, 0.25) is 0 Å². The average molecular weight is 370 g/mol. The van der Waals surface area contributed by atoms with Gasteiger partial charge in [0.15, 0.2) is 0 Å². The van der Waals surface area contributed by atoms with Crippen LogP contribution >= 0.6 is 27.5 Å². The smallest absolute Gasteiger partial charge is 0.306 e. The van der Waals surface area contributed by atoms with Gasteiger partial charge in [0.25, 0.3) is 0 Å². The highest BCUT2D eigenvalue weighted by Gasteiger charge is 2.19. The van der Waals surface area contributed by atoms with Gasteiger partial charge in [-0.05, 0) is 30.2 Å². The van der Waals surface area contributed by atoms with Gasteiger partial charge in [-0.15, -0.1) is 11.6 Å². The van der Waals surface area contributed by atoms with E-state index in [1.165, 1.54) is 0 Å². The van der Waals surface area contributed by atoms with Crippen molar-refractivity contribution >= 4 is 38.6 Å². The Hall–Kier alpha value is -1.59. The van der Waals surface area contributed by atoms with Gasteiger partial charge in [0.05, 0.1) is 16.4 Å². The number of alkyl halides is 1. The lowest BCUT2D eigenvalue weighted by molar-refractivity contribution is 0.603. The fraction of sp³-hybridized carbons (Fsp3) is 0.133. The molecule has 0 radical (unpaired) electrons. The number of imidazole rings is 1. The molecule has 0 amide bonds. The number of hydrogen-bond donors (Lipinski definition) is 2. The summed E-state index contributed by atoms with van der Waals surface area (Å²) in [6.45, 7) is 1.70. The van der Waals surface area contributed by atoms with Crippen molar-refractivity contribution in [3.8, 4) is 0 Å². The molecule has 1 unspecified atom stereocenters. The van der Waals surface area contributed by atoms with Gasteiger partial charge < -0.3 is 9.97 Å². The Bertz CT molecular complexity index is 887. The first kappa shape index (κ1) is 14.4. The second-order valence-electron chi connectivity index (χ2n) is 4.84. The van der Waals surface area contributed by atoms with Crippen molar-refractivity contribution in [2.45, 2.75) is 12.3 Å². The van der Waals surface area contributed by atoms with E-state index in [2.05, 4.69) is 25.9 Å². The molecule has 0 aliphatic rings. The molecule has 21 heavy (non-hydrogen) atoms. The van der Waals surface area contributed by atoms with E-state index >= 15 is 0 Å². The monoisotopic (exact) mass is 368 g/mol. The van der Waals surface area contributed by atoms with Crippen molar-refractivity contribution in [1.82, 2.24) is 9.97 Å². The highest BCUT2D eigenvalue weighted by molar-refractivity contribution is 9.10. The SMILES string of the molecule is Cc1cccc(C(Cl)c2cc3[nH]c(=O)[nH]c3cc2Br)c1F. The number of rotatable bonds is 2. The molecule has 1 atom stereocenters. The predicted octanol–water partition coefficient (Wildman–Crippen LogP) is 4.39. The number of aryl methyl sites for hydroxylation is 1. The Balaban J connectivity index is 2.16. The second-order valence-corrected chi connectivity index (χ2v) is 6.13. The first-order valence-corrected chi connectivity index (χ1v) is 7.51. The molecule has 6 heteroatoms. The van der Waals surface area contributed by atoms with Gasteiger partial charge in [-0.25, -0.2) is 9.18 Å². The molecule has 2 aromatic carbocycles. The Morgan fingerprint density at radius 2 is 1.86 bits per heavy atom. The molecule has 0 saturated carbocycles. The summed E-state index contributed by atoms with van der Waals surface area (Å²) >= 11 is 9.87. The molecule has 0 bridgehead atoms. The average Bonchev–Trinajstić information content (AvgIpc) is 2.79. The van der Waals surface area contributed by atoms with Gasteiger partial charge >= 0.3 is 5.69 Å². The molecule has 3 aromatic rings. The number of fused-ring (bicyclic) bond motifs is 1. The van der Waals surface area contributed by atoms with Gasteiger partial charge in [-0.2, -0.15) is 0 Å². The number of hydrogen-bond acceptors (Lipinski definition) is 1. The third kappa shape index (κ3) is 2.51. The minimum Gasteiger partial charge on any atom is -0.306 e. The minimum atomic E-state index is -0.651. The van der Waals surface area contributed by atoms with Crippen molar-refractivity contribution in [2.75, 3.05) is 0 Å². The van der Waals surface area contributed by atoms with Crippen LogP contribution < -0.4 is 5.69 Å².